The number of carbonyl (C=O) groups excluding carboxylic acids is 1. The van der Waals surface area contributed by atoms with Crippen molar-refractivity contribution in [3.63, 3.8) is 0 Å². The van der Waals surface area contributed by atoms with Crippen molar-refractivity contribution >= 4 is 34.9 Å². The van der Waals surface area contributed by atoms with Gasteiger partial charge in [-0.2, -0.15) is 0 Å². The van der Waals surface area contributed by atoms with Crippen molar-refractivity contribution in [2.75, 3.05) is 20.3 Å². The summed E-state index contributed by atoms with van der Waals surface area (Å²) in [5.74, 6) is 1.93. The normalized spacial score (nSPS) is 14.7. The molecule has 1 fully saturated rings. The molecule has 1 heterocycles. The number of thiazole rings is 1. The van der Waals surface area contributed by atoms with Crippen LogP contribution in [-0.4, -0.2) is 37.3 Å². The van der Waals surface area contributed by atoms with Gasteiger partial charge in [0.15, 0.2) is 0 Å². The van der Waals surface area contributed by atoms with Crippen LogP contribution in [0.15, 0.2) is 30.5 Å². The second kappa shape index (κ2) is 10.6. The van der Waals surface area contributed by atoms with Gasteiger partial charge in [0.05, 0.1) is 23.1 Å². The summed E-state index contributed by atoms with van der Waals surface area (Å²) in [7, 11) is 1.57. The first-order valence-corrected chi connectivity index (χ1v) is 10.8. The SMILES string of the molecule is COCCC(=O)N[C@@H](C)C=Cc1cnc(Oc2ccc(OCC3CC3)cc2Cl)s1. The fourth-order valence-electron chi connectivity index (χ4n) is 2.45. The van der Waals surface area contributed by atoms with Crippen LogP contribution in [-0.2, 0) is 9.53 Å². The van der Waals surface area contributed by atoms with E-state index in [9.17, 15) is 4.79 Å². The summed E-state index contributed by atoms with van der Waals surface area (Å²) in [6.07, 6.45) is 8.36. The molecule has 1 atom stereocenters. The molecular formula is C21H25ClN2O4S. The molecule has 1 aromatic heterocycles. The number of rotatable bonds is 11. The minimum Gasteiger partial charge on any atom is -0.493 e. The third-order valence-electron chi connectivity index (χ3n) is 4.26. The maximum absolute atomic E-state index is 11.7. The zero-order chi connectivity index (χ0) is 20.6. The van der Waals surface area contributed by atoms with Gasteiger partial charge < -0.3 is 19.5 Å². The molecular weight excluding hydrogens is 412 g/mol. The van der Waals surface area contributed by atoms with E-state index < -0.39 is 0 Å². The summed E-state index contributed by atoms with van der Waals surface area (Å²) in [5.41, 5.74) is 0. The minimum absolute atomic E-state index is 0.0449. The smallest absolute Gasteiger partial charge is 0.279 e. The molecule has 0 aliphatic heterocycles. The van der Waals surface area contributed by atoms with E-state index in [0.29, 0.717) is 34.9 Å². The van der Waals surface area contributed by atoms with Crippen molar-refractivity contribution in [3.8, 4) is 16.7 Å². The summed E-state index contributed by atoms with van der Waals surface area (Å²) >= 11 is 7.71. The van der Waals surface area contributed by atoms with Gasteiger partial charge in [-0.3, -0.25) is 4.79 Å². The van der Waals surface area contributed by atoms with E-state index in [1.165, 1.54) is 24.2 Å². The summed E-state index contributed by atoms with van der Waals surface area (Å²) < 4.78 is 16.4. The number of benzene rings is 1. The van der Waals surface area contributed by atoms with Gasteiger partial charge in [0.25, 0.3) is 5.19 Å². The first-order chi connectivity index (χ1) is 14.0. The molecule has 1 amide bonds. The van der Waals surface area contributed by atoms with Gasteiger partial charge in [-0.25, -0.2) is 4.98 Å². The summed E-state index contributed by atoms with van der Waals surface area (Å²) in [6.45, 7) is 3.06. The molecule has 0 unspecified atom stereocenters. The van der Waals surface area contributed by atoms with Crippen LogP contribution in [0.5, 0.6) is 16.7 Å². The van der Waals surface area contributed by atoms with Crippen LogP contribution in [0.1, 0.15) is 31.1 Å². The summed E-state index contributed by atoms with van der Waals surface area (Å²) in [6, 6.07) is 5.32. The van der Waals surface area contributed by atoms with Gasteiger partial charge in [-0.1, -0.05) is 29.0 Å². The quantitative estimate of drug-likeness (QED) is 0.540. The van der Waals surface area contributed by atoms with Crippen LogP contribution >= 0.6 is 22.9 Å². The van der Waals surface area contributed by atoms with E-state index in [-0.39, 0.29) is 11.9 Å². The molecule has 1 aromatic carbocycles. The van der Waals surface area contributed by atoms with Crippen molar-refractivity contribution in [1.82, 2.24) is 10.3 Å². The third kappa shape index (κ3) is 7.34. The Bertz CT molecular complexity index is 851. The number of nitrogens with zero attached hydrogens (tertiary/aromatic N) is 1. The first kappa shape index (κ1) is 21.6. The Balaban J connectivity index is 1.51. The maximum atomic E-state index is 11.7. The number of hydrogen-bond acceptors (Lipinski definition) is 6. The average molecular weight is 437 g/mol. The Morgan fingerprint density at radius 1 is 1.45 bits per heavy atom. The van der Waals surface area contributed by atoms with E-state index in [0.717, 1.165) is 17.2 Å². The number of methoxy groups -OCH3 is 1. The number of halogens is 1. The minimum atomic E-state index is -0.0940. The Labute approximate surface area is 179 Å². The molecule has 29 heavy (non-hydrogen) atoms. The van der Waals surface area contributed by atoms with Crippen LogP contribution in [0.25, 0.3) is 6.08 Å². The van der Waals surface area contributed by atoms with Gasteiger partial charge in [0.1, 0.15) is 11.5 Å². The van der Waals surface area contributed by atoms with Crippen LogP contribution in [0.2, 0.25) is 5.02 Å². The van der Waals surface area contributed by atoms with Gasteiger partial charge in [-0.15, -0.1) is 0 Å². The molecule has 8 heteroatoms. The molecule has 0 saturated heterocycles. The van der Waals surface area contributed by atoms with E-state index in [2.05, 4.69) is 10.3 Å². The predicted molar refractivity (Wildman–Crippen MR) is 115 cm³/mol. The van der Waals surface area contributed by atoms with Crippen molar-refractivity contribution < 1.29 is 19.0 Å². The largest absolute Gasteiger partial charge is 0.493 e. The maximum Gasteiger partial charge on any atom is 0.279 e. The first-order valence-electron chi connectivity index (χ1n) is 9.56. The average Bonchev–Trinajstić information content (AvgIpc) is 3.42. The van der Waals surface area contributed by atoms with Crippen LogP contribution in [0.3, 0.4) is 0 Å². The fraction of sp³-hybridized carbons (Fsp3) is 0.429. The number of ether oxygens (including phenoxy) is 3. The Morgan fingerprint density at radius 2 is 2.28 bits per heavy atom. The zero-order valence-electron chi connectivity index (χ0n) is 16.5. The topological polar surface area (TPSA) is 69.7 Å². The Kier molecular flexibility index (Phi) is 7.91. The molecule has 0 spiro atoms. The summed E-state index contributed by atoms with van der Waals surface area (Å²) in [4.78, 5) is 16.9. The van der Waals surface area contributed by atoms with Crippen molar-refractivity contribution in [2.45, 2.75) is 32.2 Å². The van der Waals surface area contributed by atoms with Crippen molar-refractivity contribution in [3.05, 3.63) is 40.4 Å². The third-order valence-corrected chi connectivity index (χ3v) is 5.39. The van der Waals surface area contributed by atoms with E-state index in [1.807, 2.05) is 25.1 Å². The Hall–Kier alpha value is -2.09. The zero-order valence-corrected chi connectivity index (χ0v) is 18.1. The molecule has 1 aliphatic carbocycles. The number of carbonyl (C=O) groups is 1. The predicted octanol–water partition coefficient (Wildman–Crippen LogP) is 4.93. The van der Waals surface area contributed by atoms with Gasteiger partial charge >= 0.3 is 0 Å². The lowest BCUT2D eigenvalue weighted by molar-refractivity contribution is -0.122. The lowest BCUT2D eigenvalue weighted by Gasteiger charge is -2.09. The van der Waals surface area contributed by atoms with Gasteiger partial charge in [0.2, 0.25) is 5.91 Å². The van der Waals surface area contributed by atoms with Crippen LogP contribution < -0.4 is 14.8 Å². The lowest BCUT2D eigenvalue weighted by Crippen LogP contribution is -2.31. The highest BCUT2D eigenvalue weighted by Crippen LogP contribution is 2.35. The lowest BCUT2D eigenvalue weighted by atomic mass is 10.2. The monoisotopic (exact) mass is 436 g/mol. The molecule has 1 N–H and O–H groups in total. The molecule has 3 rings (SSSR count). The number of amides is 1. The Morgan fingerprint density at radius 3 is 3.00 bits per heavy atom. The molecule has 6 nitrogen and oxygen atoms in total. The fourth-order valence-corrected chi connectivity index (χ4v) is 3.35. The molecule has 1 aliphatic rings. The number of hydrogen-bond donors (Lipinski definition) is 1. The van der Waals surface area contributed by atoms with Crippen molar-refractivity contribution in [2.24, 2.45) is 5.92 Å². The van der Waals surface area contributed by atoms with Gasteiger partial charge in [0, 0.05) is 31.8 Å². The highest BCUT2D eigenvalue weighted by molar-refractivity contribution is 7.14. The molecule has 156 valence electrons. The molecule has 0 bridgehead atoms. The van der Waals surface area contributed by atoms with Crippen LogP contribution in [0, 0.1) is 5.92 Å². The number of nitrogens with one attached hydrogen (secondary N) is 1. The summed E-state index contributed by atoms with van der Waals surface area (Å²) in [5, 5.41) is 3.86. The van der Waals surface area contributed by atoms with E-state index >= 15 is 0 Å². The highest BCUT2D eigenvalue weighted by Gasteiger charge is 2.22. The van der Waals surface area contributed by atoms with Crippen LogP contribution in [0.4, 0.5) is 0 Å². The molecule has 1 saturated carbocycles. The van der Waals surface area contributed by atoms with Gasteiger partial charge in [-0.05, 0) is 43.9 Å². The second-order valence-corrected chi connectivity index (χ2v) is 8.37. The highest BCUT2D eigenvalue weighted by atomic mass is 35.5. The number of aromatic nitrogens is 1. The molecule has 2 aromatic rings. The van der Waals surface area contributed by atoms with E-state index in [1.54, 1.807) is 25.4 Å². The standard InChI is InChI=1S/C21H25ClN2O4S/c1-14(24-20(25)9-10-26-2)3-7-17-12-23-21(29-17)28-19-8-6-16(11-18(19)22)27-13-15-4-5-15/h3,6-8,11-12,14-15H,4-5,9-10,13H2,1-2H3,(H,24,25)/t14-/m0/s1. The van der Waals surface area contributed by atoms with E-state index in [4.69, 9.17) is 25.8 Å². The molecule has 0 radical (unpaired) electrons. The van der Waals surface area contributed by atoms with Crippen molar-refractivity contribution in [1.29, 1.82) is 0 Å². The second-order valence-electron chi connectivity index (χ2n) is 6.94.